The number of aryl methyl sites for hydroxylation is 2. The molecule has 2 aromatic rings. The molecule has 0 radical (unpaired) electrons. The Hall–Kier alpha value is -2.31. The summed E-state index contributed by atoms with van der Waals surface area (Å²) in [6.45, 7) is 3.56. The van der Waals surface area contributed by atoms with Crippen molar-refractivity contribution >= 4 is 5.91 Å². The van der Waals surface area contributed by atoms with Crippen LogP contribution < -0.4 is 0 Å². The smallest absolute Gasteiger partial charge is 0.274 e. The van der Waals surface area contributed by atoms with Gasteiger partial charge < -0.3 is 9.47 Å². The van der Waals surface area contributed by atoms with E-state index in [0.29, 0.717) is 5.69 Å². The van der Waals surface area contributed by atoms with E-state index >= 15 is 0 Å². The van der Waals surface area contributed by atoms with E-state index in [1.807, 2.05) is 11.8 Å². The Bertz CT molecular complexity index is 738. The number of nitrogens with zero attached hydrogens (tertiary/aromatic N) is 6. The number of amides is 1. The molecule has 0 aliphatic carbocycles. The van der Waals surface area contributed by atoms with E-state index in [2.05, 4.69) is 24.7 Å². The molecule has 1 fully saturated rings. The van der Waals surface area contributed by atoms with Crippen molar-refractivity contribution in [1.29, 1.82) is 0 Å². The van der Waals surface area contributed by atoms with Gasteiger partial charge in [0.15, 0.2) is 5.82 Å². The SMILES string of the molecule is Cc1cnc(C(=O)N2CCCC2c2nnc3n2CCCCC3)cn1. The number of hydrogen-bond donors (Lipinski definition) is 0. The summed E-state index contributed by atoms with van der Waals surface area (Å²) in [5, 5.41) is 8.83. The van der Waals surface area contributed by atoms with E-state index in [4.69, 9.17) is 0 Å². The van der Waals surface area contributed by atoms with Crippen LogP contribution in [0.4, 0.5) is 0 Å². The lowest BCUT2D eigenvalue weighted by Crippen LogP contribution is -2.32. The van der Waals surface area contributed by atoms with Gasteiger partial charge >= 0.3 is 0 Å². The number of carbonyl (C=O) groups excluding carboxylic acids is 1. The van der Waals surface area contributed by atoms with Gasteiger partial charge in [-0.3, -0.25) is 9.78 Å². The van der Waals surface area contributed by atoms with E-state index in [0.717, 1.165) is 56.1 Å². The lowest BCUT2D eigenvalue weighted by atomic mass is 10.2. The molecule has 0 bridgehead atoms. The molecule has 1 saturated heterocycles. The first-order chi connectivity index (χ1) is 11.7. The zero-order chi connectivity index (χ0) is 16.5. The van der Waals surface area contributed by atoms with Crippen molar-refractivity contribution in [1.82, 2.24) is 29.6 Å². The summed E-state index contributed by atoms with van der Waals surface area (Å²) < 4.78 is 2.24. The average Bonchev–Trinajstić information content (AvgIpc) is 3.16. The minimum atomic E-state index is -0.0593. The Kier molecular flexibility index (Phi) is 4.00. The predicted octanol–water partition coefficient (Wildman–Crippen LogP) is 2.08. The molecule has 1 atom stereocenters. The van der Waals surface area contributed by atoms with E-state index in [1.165, 1.54) is 12.8 Å². The summed E-state index contributed by atoms with van der Waals surface area (Å²) in [6.07, 6.45) is 9.67. The molecule has 7 heteroatoms. The Balaban J connectivity index is 1.62. The summed E-state index contributed by atoms with van der Waals surface area (Å²) in [5.41, 5.74) is 1.22. The Labute approximate surface area is 141 Å². The quantitative estimate of drug-likeness (QED) is 0.844. The zero-order valence-corrected chi connectivity index (χ0v) is 14.0. The number of hydrogen-bond acceptors (Lipinski definition) is 5. The van der Waals surface area contributed by atoms with Gasteiger partial charge in [0.2, 0.25) is 0 Å². The van der Waals surface area contributed by atoms with E-state index in [9.17, 15) is 4.79 Å². The van der Waals surface area contributed by atoms with Crippen molar-refractivity contribution in [2.75, 3.05) is 6.54 Å². The van der Waals surface area contributed by atoms with Crippen molar-refractivity contribution in [3.05, 3.63) is 35.4 Å². The maximum absolute atomic E-state index is 12.9. The van der Waals surface area contributed by atoms with Crippen LogP contribution in [-0.2, 0) is 13.0 Å². The Morgan fingerprint density at radius 3 is 2.83 bits per heavy atom. The first kappa shape index (κ1) is 15.2. The predicted molar refractivity (Wildman–Crippen MR) is 87.4 cm³/mol. The molecule has 2 aliphatic rings. The maximum atomic E-state index is 12.9. The number of aromatic nitrogens is 5. The van der Waals surface area contributed by atoms with Gasteiger partial charge in [-0.25, -0.2) is 4.98 Å². The fourth-order valence-electron chi connectivity index (χ4n) is 3.68. The molecule has 0 spiro atoms. The summed E-state index contributed by atoms with van der Waals surface area (Å²) in [7, 11) is 0. The van der Waals surface area contributed by atoms with Crippen LogP contribution in [0.25, 0.3) is 0 Å². The molecule has 1 unspecified atom stereocenters. The van der Waals surface area contributed by atoms with Crippen LogP contribution in [0.2, 0.25) is 0 Å². The van der Waals surface area contributed by atoms with Gasteiger partial charge in [0, 0.05) is 25.7 Å². The third-order valence-corrected chi connectivity index (χ3v) is 4.95. The van der Waals surface area contributed by atoms with Crippen LogP contribution in [-0.4, -0.2) is 42.1 Å². The topological polar surface area (TPSA) is 76.8 Å². The van der Waals surface area contributed by atoms with Crippen molar-refractivity contribution in [2.45, 2.75) is 58.0 Å². The van der Waals surface area contributed by atoms with Crippen LogP contribution in [0.5, 0.6) is 0 Å². The standard InChI is InChI=1S/C17H22N6O/c1-12-10-19-13(11-18-12)17(24)22-9-5-6-14(22)16-21-20-15-7-3-2-4-8-23(15)16/h10-11,14H,2-9H2,1H3. The van der Waals surface area contributed by atoms with Gasteiger partial charge in [-0.2, -0.15) is 0 Å². The first-order valence-electron chi connectivity index (χ1n) is 8.75. The van der Waals surface area contributed by atoms with Crippen LogP contribution >= 0.6 is 0 Å². The third kappa shape index (κ3) is 2.68. The van der Waals surface area contributed by atoms with Crippen molar-refractivity contribution in [3.8, 4) is 0 Å². The number of rotatable bonds is 2. The van der Waals surface area contributed by atoms with Crippen LogP contribution in [0, 0.1) is 6.92 Å². The molecule has 7 nitrogen and oxygen atoms in total. The molecular formula is C17H22N6O. The Morgan fingerprint density at radius 2 is 2.00 bits per heavy atom. The number of carbonyl (C=O) groups is 1. The highest BCUT2D eigenvalue weighted by molar-refractivity contribution is 5.92. The maximum Gasteiger partial charge on any atom is 0.274 e. The molecule has 24 heavy (non-hydrogen) atoms. The fourth-order valence-corrected chi connectivity index (χ4v) is 3.68. The minimum absolute atomic E-state index is 0.0000435. The minimum Gasteiger partial charge on any atom is -0.327 e. The summed E-state index contributed by atoms with van der Waals surface area (Å²) in [5.74, 6) is 1.95. The van der Waals surface area contributed by atoms with Gasteiger partial charge in [0.05, 0.1) is 17.9 Å². The zero-order valence-electron chi connectivity index (χ0n) is 14.0. The molecule has 2 aliphatic heterocycles. The lowest BCUT2D eigenvalue weighted by molar-refractivity contribution is 0.0720. The van der Waals surface area contributed by atoms with Gasteiger partial charge in [-0.1, -0.05) is 6.42 Å². The highest BCUT2D eigenvalue weighted by Crippen LogP contribution is 2.33. The van der Waals surface area contributed by atoms with Crippen LogP contribution in [0.15, 0.2) is 12.4 Å². The molecule has 0 saturated carbocycles. The summed E-state index contributed by atoms with van der Waals surface area (Å²) in [4.78, 5) is 23.2. The van der Waals surface area contributed by atoms with E-state index in [1.54, 1.807) is 12.4 Å². The molecule has 0 N–H and O–H groups in total. The molecule has 0 aromatic carbocycles. The molecule has 126 valence electrons. The van der Waals surface area contributed by atoms with Crippen LogP contribution in [0.1, 0.15) is 66.0 Å². The summed E-state index contributed by atoms with van der Waals surface area (Å²) in [6, 6.07) is -0.0000435. The number of likely N-dealkylation sites (tertiary alicyclic amines) is 1. The highest BCUT2D eigenvalue weighted by Gasteiger charge is 2.35. The van der Waals surface area contributed by atoms with E-state index < -0.39 is 0 Å². The second kappa shape index (κ2) is 6.30. The van der Waals surface area contributed by atoms with Gasteiger partial charge in [-0.15, -0.1) is 10.2 Å². The Morgan fingerprint density at radius 1 is 1.08 bits per heavy atom. The first-order valence-corrected chi connectivity index (χ1v) is 8.75. The van der Waals surface area contributed by atoms with Crippen molar-refractivity contribution in [2.24, 2.45) is 0 Å². The van der Waals surface area contributed by atoms with Gasteiger partial charge in [0.1, 0.15) is 11.5 Å². The van der Waals surface area contributed by atoms with Gasteiger partial charge in [0.25, 0.3) is 5.91 Å². The van der Waals surface area contributed by atoms with Crippen molar-refractivity contribution in [3.63, 3.8) is 0 Å². The molecule has 2 aromatic heterocycles. The second-order valence-electron chi connectivity index (χ2n) is 6.64. The second-order valence-corrected chi connectivity index (χ2v) is 6.64. The largest absolute Gasteiger partial charge is 0.327 e. The summed E-state index contributed by atoms with van der Waals surface area (Å²) >= 11 is 0. The third-order valence-electron chi connectivity index (χ3n) is 4.95. The molecule has 4 rings (SSSR count). The fraction of sp³-hybridized carbons (Fsp3) is 0.588. The van der Waals surface area contributed by atoms with Crippen molar-refractivity contribution < 1.29 is 4.79 Å². The average molecular weight is 326 g/mol. The monoisotopic (exact) mass is 326 g/mol. The normalized spacial score (nSPS) is 20.7. The van der Waals surface area contributed by atoms with E-state index in [-0.39, 0.29) is 11.9 Å². The lowest BCUT2D eigenvalue weighted by Gasteiger charge is -2.24. The molecule has 1 amide bonds. The molecule has 4 heterocycles. The van der Waals surface area contributed by atoms with Crippen LogP contribution in [0.3, 0.4) is 0 Å². The number of fused-ring (bicyclic) bond motifs is 1. The molecular weight excluding hydrogens is 304 g/mol. The van der Waals surface area contributed by atoms with Gasteiger partial charge in [-0.05, 0) is 32.6 Å². The highest BCUT2D eigenvalue weighted by atomic mass is 16.2.